The maximum Gasteiger partial charge on any atom is 0.242 e. The van der Waals surface area contributed by atoms with Crippen LogP contribution in [0.25, 0.3) is 0 Å². The normalized spacial score (nSPS) is 19.8. The lowest BCUT2D eigenvalue weighted by Crippen LogP contribution is -2.24. The molecule has 1 aromatic carbocycles. The highest BCUT2D eigenvalue weighted by Crippen LogP contribution is 2.25. The molecule has 1 aliphatic rings. The van der Waals surface area contributed by atoms with Crippen LogP contribution in [0.4, 0.5) is 5.69 Å². The highest BCUT2D eigenvalue weighted by atomic mass is 32.2. The molecule has 0 aromatic heterocycles. The molecule has 0 saturated carbocycles. The molecule has 20 heavy (non-hydrogen) atoms. The molecule has 1 fully saturated rings. The van der Waals surface area contributed by atoms with E-state index in [2.05, 4.69) is 10.2 Å². The Morgan fingerprint density at radius 1 is 1.30 bits per heavy atom. The Morgan fingerprint density at radius 3 is 2.50 bits per heavy atom. The van der Waals surface area contributed by atoms with Crippen molar-refractivity contribution in [2.75, 3.05) is 45.7 Å². The molecule has 1 aromatic rings. The molecule has 112 valence electrons. The van der Waals surface area contributed by atoms with Gasteiger partial charge in [0.25, 0.3) is 0 Å². The maximum atomic E-state index is 12.0. The molecule has 2 rings (SSSR count). The second kappa shape index (κ2) is 6.11. The average molecular weight is 297 g/mol. The smallest absolute Gasteiger partial charge is 0.242 e. The first-order valence-electron chi connectivity index (χ1n) is 6.87. The number of rotatable bonds is 5. The Labute approximate surface area is 121 Å². The Kier molecular flexibility index (Phi) is 4.67. The molecule has 1 aliphatic heterocycles. The standard InChI is InChI=1S/C14H23N3O2S/c1-15-10-12-8-9-17(11-12)13-4-6-14(7-5-13)20(18,19)16(2)3/h4-7,12,15H,8-11H2,1-3H3. The van der Waals surface area contributed by atoms with E-state index < -0.39 is 10.0 Å². The van der Waals surface area contributed by atoms with E-state index in [0.29, 0.717) is 10.8 Å². The van der Waals surface area contributed by atoms with Gasteiger partial charge in [-0.15, -0.1) is 0 Å². The largest absolute Gasteiger partial charge is 0.371 e. The number of hydrogen-bond donors (Lipinski definition) is 1. The molecular formula is C14H23N3O2S. The molecule has 0 amide bonds. The van der Waals surface area contributed by atoms with E-state index in [-0.39, 0.29) is 0 Å². The summed E-state index contributed by atoms with van der Waals surface area (Å²) in [5.41, 5.74) is 1.10. The third-order valence-electron chi connectivity index (χ3n) is 3.76. The van der Waals surface area contributed by atoms with Crippen LogP contribution in [0.5, 0.6) is 0 Å². The lowest BCUT2D eigenvalue weighted by atomic mass is 10.1. The highest BCUT2D eigenvalue weighted by molar-refractivity contribution is 7.89. The van der Waals surface area contributed by atoms with Gasteiger partial charge in [-0.05, 0) is 50.2 Å². The Morgan fingerprint density at radius 2 is 1.95 bits per heavy atom. The first-order chi connectivity index (χ1) is 9.45. The number of benzene rings is 1. The molecule has 1 atom stereocenters. The molecule has 0 bridgehead atoms. The molecule has 0 aliphatic carbocycles. The predicted octanol–water partition coefficient (Wildman–Crippen LogP) is 0.983. The van der Waals surface area contributed by atoms with Gasteiger partial charge in [0, 0.05) is 32.9 Å². The summed E-state index contributed by atoms with van der Waals surface area (Å²) in [5.74, 6) is 0.671. The van der Waals surface area contributed by atoms with Gasteiger partial charge >= 0.3 is 0 Å². The van der Waals surface area contributed by atoms with Crippen molar-refractivity contribution >= 4 is 15.7 Å². The van der Waals surface area contributed by atoms with Gasteiger partial charge in [-0.2, -0.15) is 0 Å². The third kappa shape index (κ3) is 3.13. The van der Waals surface area contributed by atoms with Gasteiger partial charge in [0.1, 0.15) is 0 Å². The van der Waals surface area contributed by atoms with E-state index in [4.69, 9.17) is 0 Å². The zero-order chi connectivity index (χ0) is 14.8. The number of anilines is 1. The Bertz CT molecular complexity index is 540. The quantitative estimate of drug-likeness (QED) is 0.880. The van der Waals surface area contributed by atoms with Gasteiger partial charge in [0.05, 0.1) is 4.90 Å². The van der Waals surface area contributed by atoms with Crippen LogP contribution in [0.1, 0.15) is 6.42 Å². The van der Waals surface area contributed by atoms with Crippen molar-refractivity contribution in [2.45, 2.75) is 11.3 Å². The summed E-state index contributed by atoms with van der Waals surface area (Å²) in [4.78, 5) is 2.66. The van der Waals surface area contributed by atoms with Gasteiger partial charge in [-0.1, -0.05) is 0 Å². The topological polar surface area (TPSA) is 52.7 Å². The predicted molar refractivity (Wildman–Crippen MR) is 81.6 cm³/mol. The number of sulfonamides is 1. The first-order valence-corrected chi connectivity index (χ1v) is 8.31. The fraction of sp³-hybridized carbons (Fsp3) is 0.571. The second-order valence-electron chi connectivity index (χ2n) is 5.44. The lowest BCUT2D eigenvalue weighted by molar-refractivity contribution is 0.521. The molecule has 5 nitrogen and oxygen atoms in total. The second-order valence-corrected chi connectivity index (χ2v) is 7.59. The van der Waals surface area contributed by atoms with Crippen LogP contribution < -0.4 is 10.2 Å². The lowest BCUT2D eigenvalue weighted by Gasteiger charge is -2.19. The van der Waals surface area contributed by atoms with Gasteiger partial charge in [0.15, 0.2) is 0 Å². The summed E-state index contributed by atoms with van der Waals surface area (Å²) in [5, 5.41) is 3.21. The van der Waals surface area contributed by atoms with Crippen molar-refractivity contribution in [3.63, 3.8) is 0 Å². The summed E-state index contributed by atoms with van der Waals surface area (Å²) < 4.78 is 25.2. The van der Waals surface area contributed by atoms with Crippen LogP contribution in [0.15, 0.2) is 29.2 Å². The number of hydrogen-bond acceptors (Lipinski definition) is 4. The van der Waals surface area contributed by atoms with Crippen LogP contribution >= 0.6 is 0 Å². The number of nitrogens with one attached hydrogen (secondary N) is 1. The van der Waals surface area contributed by atoms with E-state index in [1.807, 2.05) is 19.2 Å². The number of nitrogens with zero attached hydrogens (tertiary/aromatic N) is 2. The minimum Gasteiger partial charge on any atom is -0.371 e. The fourth-order valence-corrected chi connectivity index (χ4v) is 3.46. The zero-order valence-corrected chi connectivity index (χ0v) is 13.2. The maximum absolute atomic E-state index is 12.0. The Balaban J connectivity index is 2.10. The minimum atomic E-state index is -3.33. The zero-order valence-electron chi connectivity index (χ0n) is 12.3. The molecular weight excluding hydrogens is 274 g/mol. The molecule has 6 heteroatoms. The van der Waals surface area contributed by atoms with Gasteiger partial charge in [-0.3, -0.25) is 0 Å². The molecule has 1 heterocycles. The summed E-state index contributed by atoms with van der Waals surface area (Å²) in [6, 6.07) is 7.18. The van der Waals surface area contributed by atoms with Crippen molar-refractivity contribution in [3.05, 3.63) is 24.3 Å². The Hall–Kier alpha value is -1.11. The van der Waals surface area contributed by atoms with E-state index in [1.165, 1.54) is 10.7 Å². The summed E-state index contributed by atoms with van der Waals surface area (Å²) in [6.07, 6.45) is 1.18. The van der Waals surface area contributed by atoms with Crippen molar-refractivity contribution in [1.29, 1.82) is 0 Å². The SMILES string of the molecule is CNCC1CCN(c2ccc(S(=O)(=O)N(C)C)cc2)C1. The minimum absolute atomic E-state index is 0.345. The molecule has 1 N–H and O–H groups in total. The van der Waals surface area contributed by atoms with E-state index in [1.54, 1.807) is 26.2 Å². The molecule has 1 unspecified atom stereocenters. The van der Waals surface area contributed by atoms with Gasteiger partial charge in [-0.25, -0.2) is 12.7 Å². The highest BCUT2D eigenvalue weighted by Gasteiger charge is 2.23. The molecule has 0 spiro atoms. The molecule has 1 saturated heterocycles. The fourth-order valence-electron chi connectivity index (χ4n) is 2.56. The van der Waals surface area contributed by atoms with Crippen LogP contribution in [0.2, 0.25) is 0 Å². The van der Waals surface area contributed by atoms with Crippen LogP contribution in [-0.4, -0.2) is 53.5 Å². The molecule has 0 radical (unpaired) electrons. The third-order valence-corrected chi connectivity index (χ3v) is 5.59. The summed E-state index contributed by atoms with van der Waals surface area (Å²) in [6.45, 7) is 3.09. The summed E-state index contributed by atoms with van der Waals surface area (Å²) >= 11 is 0. The monoisotopic (exact) mass is 297 g/mol. The van der Waals surface area contributed by atoms with E-state index >= 15 is 0 Å². The van der Waals surface area contributed by atoms with Crippen molar-refractivity contribution < 1.29 is 8.42 Å². The van der Waals surface area contributed by atoms with Crippen LogP contribution in [-0.2, 0) is 10.0 Å². The van der Waals surface area contributed by atoms with Crippen molar-refractivity contribution in [3.8, 4) is 0 Å². The van der Waals surface area contributed by atoms with Crippen molar-refractivity contribution in [1.82, 2.24) is 9.62 Å². The van der Waals surface area contributed by atoms with Gasteiger partial charge < -0.3 is 10.2 Å². The van der Waals surface area contributed by atoms with Crippen LogP contribution in [0.3, 0.4) is 0 Å². The summed E-state index contributed by atoms with van der Waals surface area (Å²) in [7, 11) is 1.74. The first kappa shape index (κ1) is 15.3. The average Bonchev–Trinajstić information content (AvgIpc) is 2.88. The van der Waals surface area contributed by atoms with E-state index in [0.717, 1.165) is 25.3 Å². The van der Waals surface area contributed by atoms with Crippen molar-refractivity contribution in [2.24, 2.45) is 5.92 Å². The van der Waals surface area contributed by atoms with Crippen LogP contribution in [0, 0.1) is 5.92 Å². The van der Waals surface area contributed by atoms with Gasteiger partial charge in [0.2, 0.25) is 10.0 Å². The van der Waals surface area contributed by atoms with E-state index in [9.17, 15) is 8.42 Å².